The summed E-state index contributed by atoms with van der Waals surface area (Å²) in [6.07, 6.45) is 3.81. The number of carbonyl (C=O) groups excluding carboxylic acids is 3. The van der Waals surface area contributed by atoms with Gasteiger partial charge in [0, 0.05) is 41.3 Å². The van der Waals surface area contributed by atoms with Crippen LogP contribution in [0.4, 0.5) is 14.9 Å². The minimum absolute atomic E-state index is 0.0199. The van der Waals surface area contributed by atoms with E-state index in [0.29, 0.717) is 16.9 Å². The van der Waals surface area contributed by atoms with Crippen molar-refractivity contribution in [2.45, 2.75) is 25.5 Å². The van der Waals surface area contributed by atoms with Crippen LogP contribution in [-0.2, 0) is 27.9 Å². The summed E-state index contributed by atoms with van der Waals surface area (Å²) in [5.74, 6) is -0.884. The lowest BCUT2D eigenvalue weighted by Gasteiger charge is -2.19. The predicted molar refractivity (Wildman–Crippen MR) is 138 cm³/mol. The van der Waals surface area contributed by atoms with Gasteiger partial charge in [0.2, 0.25) is 5.91 Å². The van der Waals surface area contributed by atoms with Crippen LogP contribution in [0.15, 0.2) is 47.7 Å². The normalized spacial score (nSPS) is 11.9. The van der Waals surface area contributed by atoms with Crippen LogP contribution in [0.2, 0.25) is 0 Å². The quantitative estimate of drug-likeness (QED) is 0.420. The third-order valence-electron chi connectivity index (χ3n) is 5.60. The monoisotopic (exact) mass is 527 g/mol. The van der Waals surface area contributed by atoms with Crippen LogP contribution >= 0.6 is 0 Å². The van der Waals surface area contributed by atoms with Gasteiger partial charge in [0.15, 0.2) is 6.10 Å². The number of nitrogens with one attached hydrogen (secondary N) is 1. The average Bonchev–Trinajstić information content (AvgIpc) is 3.16. The number of hydrogen-bond donors (Lipinski definition) is 1. The molecule has 12 nitrogen and oxygen atoms in total. The molecule has 38 heavy (non-hydrogen) atoms. The second-order valence-corrected chi connectivity index (χ2v) is 8.93. The number of likely N-dealkylation sites (N-methyl/N-ethyl adjacent to an activating group) is 1. The highest BCUT2D eigenvalue weighted by molar-refractivity contribution is 5.95. The second-order valence-electron chi connectivity index (χ2n) is 8.93. The van der Waals surface area contributed by atoms with Crippen LogP contribution in [0.3, 0.4) is 0 Å². The number of aryl methyl sites for hydroxylation is 1. The molecule has 2 aromatic heterocycles. The minimum Gasteiger partial charge on any atom is -0.436 e. The Morgan fingerprint density at radius 3 is 2.61 bits per heavy atom. The van der Waals surface area contributed by atoms with Gasteiger partial charge in [-0.2, -0.15) is 0 Å². The van der Waals surface area contributed by atoms with Crippen LogP contribution in [0.5, 0.6) is 0 Å². The molecule has 0 spiro atoms. The fraction of sp³-hybridized carbons (Fsp3) is 0.360. The molecule has 0 radical (unpaired) electrons. The van der Waals surface area contributed by atoms with Gasteiger partial charge in [0.05, 0.1) is 30.1 Å². The number of fused-ring (bicyclic) bond motifs is 1. The van der Waals surface area contributed by atoms with Gasteiger partial charge >= 0.3 is 6.09 Å². The van der Waals surface area contributed by atoms with Crippen molar-refractivity contribution in [3.05, 3.63) is 64.9 Å². The Morgan fingerprint density at radius 2 is 1.92 bits per heavy atom. The number of nitrogens with zero attached hydrogens (tertiary/aromatic N) is 6. The number of amides is 3. The first-order valence-corrected chi connectivity index (χ1v) is 11.7. The Morgan fingerprint density at radius 1 is 1.18 bits per heavy atom. The number of rotatable bonds is 9. The molecule has 2 heterocycles. The number of anilines is 1. The zero-order valence-corrected chi connectivity index (χ0v) is 21.8. The molecule has 1 N–H and O–H groups in total. The first-order chi connectivity index (χ1) is 18.0. The van der Waals surface area contributed by atoms with Gasteiger partial charge in [-0.15, -0.1) is 0 Å². The fourth-order valence-electron chi connectivity index (χ4n) is 3.43. The van der Waals surface area contributed by atoms with E-state index < -0.39 is 29.5 Å². The van der Waals surface area contributed by atoms with Crippen LogP contribution in [0.25, 0.3) is 11.0 Å². The van der Waals surface area contributed by atoms with E-state index in [9.17, 15) is 23.6 Å². The lowest BCUT2D eigenvalue weighted by Crippen LogP contribution is -2.37. The molecule has 3 aromatic rings. The van der Waals surface area contributed by atoms with Crippen molar-refractivity contribution in [3.8, 4) is 0 Å². The fourth-order valence-corrected chi connectivity index (χ4v) is 3.43. The Hall–Kier alpha value is -4.55. The van der Waals surface area contributed by atoms with Crippen molar-refractivity contribution in [2.75, 3.05) is 33.5 Å². The summed E-state index contributed by atoms with van der Waals surface area (Å²) in [4.78, 5) is 60.9. The molecule has 13 heteroatoms. The third-order valence-corrected chi connectivity index (χ3v) is 5.60. The van der Waals surface area contributed by atoms with Gasteiger partial charge in [-0.25, -0.2) is 19.2 Å². The molecule has 1 unspecified atom stereocenters. The van der Waals surface area contributed by atoms with E-state index in [1.165, 1.54) is 59.2 Å². The maximum atomic E-state index is 13.6. The molecule has 1 atom stereocenters. The van der Waals surface area contributed by atoms with E-state index >= 15 is 0 Å². The summed E-state index contributed by atoms with van der Waals surface area (Å²) >= 11 is 0. The molecule has 0 saturated carbocycles. The zero-order chi connectivity index (χ0) is 28.0. The maximum Gasteiger partial charge on any atom is 0.410 e. The maximum absolute atomic E-state index is 13.6. The summed E-state index contributed by atoms with van der Waals surface area (Å²) in [7, 11) is 7.91. The van der Waals surface area contributed by atoms with E-state index in [2.05, 4.69) is 15.3 Å². The molecule has 0 bridgehead atoms. The summed E-state index contributed by atoms with van der Waals surface area (Å²) in [6.45, 7) is 0.0199. The molecule has 1 aromatic carbocycles. The van der Waals surface area contributed by atoms with Gasteiger partial charge < -0.3 is 24.4 Å². The number of aromatic nitrogens is 4. The van der Waals surface area contributed by atoms with Crippen molar-refractivity contribution >= 4 is 34.6 Å². The van der Waals surface area contributed by atoms with E-state index in [-0.39, 0.29) is 31.0 Å². The van der Waals surface area contributed by atoms with Crippen molar-refractivity contribution in [3.63, 3.8) is 0 Å². The summed E-state index contributed by atoms with van der Waals surface area (Å²) in [6, 6.07) is 4.23. The van der Waals surface area contributed by atoms with Gasteiger partial charge in [0.25, 0.3) is 11.5 Å². The molecule has 0 aliphatic carbocycles. The average molecular weight is 528 g/mol. The standard InChI is InChI=1S/C25H30FN7O5/c1-30(2)22(34)9-7-6-8-20(38-25(37)31(3)4)23(35)29-18-13-27-15-33(24(18)36)14-21-28-17-12-16(26)10-11-19(17)32(21)5/h7,9-13,15,20H,6,8,14H2,1-5H3,(H,29,35)/b9-7+. The molecular weight excluding hydrogens is 497 g/mol. The van der Waals surface area contributed by atoms with Crippen LogP contribution < -0.4 is 10.9 Å². The van der Waals surface area contributed by atoms with Crippen LogP contribution in [0.1, 0.15) is 18.7 Å². The summed E-state index contributed by atoms with van der Waals surface area (Å²) in [5, 5.41) is 2.49. The Kier molecular flexibility index (Phi) is 8.94. The highest BCUT2D eigenvalue weighted by Gasteiger charge is 2.24. The number of ether oxygens (including phenoxy) is 1. The molecule has 202 valence electrons. The zero-order valence-electron chi connectivity index (χ0n) is 21.8. The van der Waals surface area contributed by atoms with Crippen LogP contribution in [-0.4, -0.2) is 81.1 Å². The van der Waals surface area contributed by atoms with Gasteiger partial charge in [-0.05, 0) is 31.1 Å². The Balaban J connectivity index is 1.78. The smallest absolute Gasteiger partial charge is 0.410 e. The number of carbonyl (C=O) groups is 3. The van der Waals surface area contributed by atoms with Crippen LogP contribution in [0, 0.1) is 5.82 Å². The SMILES string of the molecule is CN(C)C(=O)/C=C/CCC(OC(=O)N(C)C)C(=O)Nc1cncn(Cc2nc3cc(F)ccc3n2C)c1=O. The second kappa shape index (κ2) is 12.1. The van der Waals surface area contributed by atoms with Crippen molar-refractivity contribution in [2.24, 2.45) is 7.05 Å². The van der Waals surface area contributed by atoms with E-state index in [4.69, 9.17) is 4.74 Å². The first-order valence-electron chi connectivity index (χ1n) is 11.7. The van der Waals surface area contributed by atoms with Gasteiger partial charge in [-0.1, -0.05) is 6.08 Å². The molecule has 3 amide bonds. The first kappa shape index (κ1) is 28.0. The van der Waals surface area contributed by atoms with E-state index in [0.717, 1.165) is 0 Å². The largest absolute Gasteiger partial charge is 0.436 e. The molecular formula is C25H30FN7O5. The van der Waals surface area contributed by atoms with Gasteiger partial charge in [0.1, 0.15) is 17.3 Å². The number of allylic oxidation sites excluding steroid dienone is 1. The number of hydrogen-bond acceptors (Lipinski definition) is 7. The van der Waals surface area contributed by atoms with Crippen molar-refractivity contribution < 1.29 is 23.5 Å². The highest BCUT2D eigenvalue weighted by Crippen LogP contribution is 2.17. The third kappa shape index (κ3) is 6.81. The molecule has 3 rings (SSSR count). The predicted octanol–water partition coefficient (Wildman–Crippen LogP) is 1.75. The lowest BCUT2D eigenvalue weighted by molar-refractivity contribution is -0.125. The number of halogens is 1. The number of imidazole rings is 1. The van der Waals surface area contributed by atoms with E-state index in [1.54, 1.807) is 37.9 Å². The minimum atomic E-state index is -1.23. The Bertz CT molecular complexity index is 1430. The summed E-state index contributed by atoms with van der Waals surface area (Å²) in [5.41, 5.74) is 0.464. The molecule has 0 aliphatic rings. The number of benzene rings is 1. The van der Waals surface area contributed by atoms with Crippen molar-refractivity contribution in [1.29, 1.82) is 0 Å². The molecule has 0 saturated heterocycles. The lowest BCUT2D eigenvalue weighted by atomic mass is 10.1. The highest BCUT2D eigenvalue weighted by atomic mass is 19.1. The van der Waals surface area contributed by atoms with Gasteiger partial charge in [-0.3, -0.25) is 19.0 Å². The summed E-state index contributed by atoms with van der Waals surface area (Å²) < 4.78 is 21.9. The van der Waals surface area contributed by atoms with E-state index in [1.807, 2.05) is 0 Å². The van der Waals surface area contributed by atoms with Crippen molar-refractivity contribution in [1.82, 2.24) is 28.9 Å². The molecule has 0 aliphatic heterocycles. The Labute approximate surface area is 218 Å². The molecule has 0 fully saturated rings. The topological polar surface area (TPSA) is 132 Å².